The second kappa shape index (κ2) is 9.12. The maximum absolute atomic E-state index is 13.9. The number of alkyl halides is 3. The number of carboxylic acid groups (broad SMARTS) is 1. The Kier molecular flexibility index (Phi) is 6.24. The summed E-state index contributed by atoms with van der Waals surface area (Å²) in [6, 6.07) is 7.85. The summed E-state index contributed by atoms with van der Waals surface area (Å²) in [7, 11) is 0. The molecule has 9 heteroatoms. The second-order valence-electron chi connectivity index (χ2n) is 10.0. The summed E-state index contributed by atoms with van der Waals surface area (Å²) in [6.07, 6.45) is -1.64. The van der Waals surface area contributed by atoms with Crippen LogP contribution in [0.1, 0.15) is 60.1 Å². The van der Waals surface area contributed by atoms with E-state index in [0.29, 0.717) is 72.5 Å². The highest BCUT2D eigenvalue weighted by molar-refractivity contribution is 5.92. The average molecular weight is 504 g/mol. The van der Waals surface area contributed by atoms with E-state index in [1.807, 2.05) is 4.90 Å². The first-order valence-electron chi connectivity index (χ1n) is 12.0. The van der Waals surface area contributed by atoms with Crippen molar-refractivity contribution in [3.8, 4) is 11.5 Å². The number of carboxylic acids is 1. The third kappa shape index (κ3) is 4.95. The van der Waals surface area contributed by atoms with Crippen molar-refractivity contribution in [2.24, 2.45) is 0 Å². The molecule has 6 nitrogen and oxygen atoms in total. The standard InChI is InChI=1S/C27H28F3NO5/c1-26(34)8-10-31(11-9-26)14-21-19-5-7-23(20(19)4-6-22(21)27(28,29)30)36-17-2-3-18-16(12-25(32)33)15-35-24(18)13-17/h2-4,6,12-13,23,34H,5,7-11,14-15H2,1H3,(H,32,33). The smallest absolute Gasteiger partial charge is 0.416 e. The van der Waals surface area contributed by atoms with Gasteiger partial charge in [0.1, 0.15) is 24.2 Å². The molecule has 0 bridgehead atoms. The summed E-state index contributed by atoms with van der Waals surface area (Å²) in [5.41, 5.74) is 1.63. The second-order valence-corrected chi connectivity index (χ2v) is 10.0. The number of likely N-dealkylation sites (tertiary alicyclic amines) is 1. The summed E-state index contributed by atoms with van der Waals surface area (Å²) in [4.78, 5) is 13.0. The fraction of sp³-hybridized carbons (Fsp3) is 0.444. The molecule has 5 rings (SSSR count). The first-order chi connectivity index (χ1) is 17.0. The molecule has 3 aliphatic rings. The third-order valence-corrected chi connectivity index (χ3v) is 7.35. The van der Waals surface area contributed by atoms with Gasteiger partial charge in [-0.2, -0.15) is 13.2 Å². The largest absolute Gasteiger partial charge is 0.488 e. The minimum atomic E-state index is -4.46. The maximum Gasteiger partial charge on any atom is 0.416 e. The van der Waals surface area contributed by atoms with Gasteiger partial charge in [0.05, 0.1) is 11.2 Å². The molecule has 0 amide bonds. The Hall–Kier alpha value is -3.04. The van der Waals surface area contributed by atoms with E-state index in [1.165, 1.54) is 6.07 Å². The van der Waals surface area contributed by atoms with Crippen molar-refractivity contribution < 1.29 is 37.7 Å². The van der Waals surface area contributed by atoms with E-state index in [2.05, 4.69) is 0 Å². The van der Waals surface area contributed by atoms with Gasteiger partial charge in [-0.05, 0) is 67.5 Å². The van der Waals surface area contributed by atoms with E-state index in [1.54, 1.807) is 25.1 Å². The van der Waals surface area contributed by atoms with Crippen molar-refractivity contribution in [1.82, 2.24) is 4.90 Å². The van der Waals surface area contributed by atoms with Crippen LogP contribution in [-0.2, 0) is 23.9 Å². The highest BCUT2D eigenvalue weighted by Gasteiger charge is 2.38. The predicted octanol–water partition coefficient (Wildman–Crippen LogP) is 4.98. The van der Waals surface area contributed by atoms with E-state index in [0.717, 1.165) is 17.7 Å². The summed E-state index contributed by atoms with van der Waals surface area (Å²) in [5.74, 6) is -0.0107. The SMILES string of the molecule is CC1(O)CCN(Cc2c(C(F)(F)F)ccc3c2CCC3Oc2ccc3c(c2)OCC3=CC(=O)O)CC1. The summed E-state index contributed by atoms with van der Waals surface area (Å²) in [5, 5.41) is 19.2. The summed E-state index contributed by atoms with van der Waals surface area (Å²) < 4.78 is 53.6. The number of aliphatic carboxylic acids is 1. The van der Waals surface area contributed by atoms with Gasteiger partial charge >= 0.3 is 12.1 Å². The number of ether oxygens (including phenoxy) is 2. The zero-order chi connectivity index (χ0) is 25.7. The van der Waals surface area contributed by atoms with Crippen LogP contribution in [0.2, 0.25) is 0 Å². The number of piperidine rings is 1. The van der Waals surface area contributed by atoms with Crippen LogP contribution >= 0.6 is 0 Å². The first-order valence-corrected chi connectivity index (χ1v) is 12.0. The van der Waals surface area contributed by atoms with Crippen molar-refractivity contribution >= 4 is 11.5 Å². The van der Waals surface area contributed by atoms with Crippen molar-refractivity contribution in [3.05, 3.63) is 64.2 Å². The van der Waals surface area contributed by atoms with Gasteiger partial charge in [-0.25, -0.2) is 4.79 Å². The highest BCUT2D eigenvalue weighted by atomic mass is 19.4. The summed E-state index contributed by atoms with van der Waals surface area (Å²) >= 11 is 0. The van der Waals surface area contributed by atoms with Crippen LogP contribution in [0.25, 0.3) is 5.57 Å². The molecule has 1 saturated heterocycles. The molecular formula is C27H28F3NO5. The zero-order valence-electron chi connectivity index (χ0n) is 19.9. The molecule has 2 aromatic rings. The Labute approximate surface area is 206 Å². The topological polar surface area (TPSA) is 79.2 Å². The lowest BCUT2D eigenvalue weighted by molar-refractivity contribution is -0.138. The fourth-order valence-corrected chi connectivity index (χ4v) is 5.35. The Morgan fingerprint density at radius 1 is 1.25 bits per heavy atom. The maximum atomic E-state index is 13.9. The molecule has 2 aliphatic heterocycles. The minimum Gasteiger partial charge on any atom is -0.488 e. The Balaban J connectivity index is 1.39. The van der Waals surface area contributed by atoms with Crippen molar-refractivity contribution in [3.63, 3.8) is 0 Å². The van der Waals surface area contributed by atoms with Crippen molar-refractivity contribution in [2.75, 3.05) is 19.7 Å². The Morgan fingerprint density at radius 3 is 2.69 bits per heavy atom. The van der Waals surface area contributed by atoms with Crippen LogP contribution in [0.4, 0.5) is 13.2 Å². The van der Waals surface area contributed by atoms with Gasteiger partial charge in [-0.1, -0.05) is 6.07 Å². The van der Waals surface area contributed by atoms with Gasteiger partial charge in [0, 0.05) is 42.9 Å². The molecule has 192 valence electrons. The lowest BCUT2D eigenvalue weighted by Gasteiger charge is -2.36. The molecule has 0 aromatic heterocycles. The van der Waals surface area contributed by atoms with Gasteiger partial charge in [0.25, 0.3) is 0 Å². The molecule has 1 unspecified atom stereocenters. The van der Waals surface area contributed by atoms with Gasteiger partial charge < -0.3 is 19.7 Å². The molecule has 2 aromatic carbocycles. The van der Waals surface area contributed by atoms with Crippen LogP contribution in [0.15, 0.2) is 36.4 Å². The highest BCUT2D eigenvalue weighted by Crippen LogP contribution is 2.44. The van der Waals surface area contributed by atoms with Crippen LogP contribution in [0.5, 0.6) is 11.5 Å². The third-order valence-electron chi connectivity index (χ3n) is 7.35. The van der Waals surface area contributed by atoms with Gasteiger partial charge in [-0.3, -0.25) is 4.90 Å². The average Bonchev–Trinajstić information content (AvgIpc) is 3.38. The van der Waals surface area contributed by atoms with E-state index in [9.17, 15) is 23.1 Å². The Morgan fingerprint density at radius 2 is 2.00 bits per heavy atom. The number of nitrogens with zero attached hydrogens (tertiary/aromatic N) is 1. The van der Waals surface area contributed by atoms with Crippen molar-refractivity contribution in [1.29, 1.82) is 0 Å². The number of hydrogen-bond donors (Lipinski definition) is 2. The van der Waals surface area contributed by atoms with E-state index in [-0.39, 0.29) is 13.2 Å². The number of rotatable bonds is 5. The number of fused-ring (bicyclic) bond motifs is 2. The zero-order valence-corrected chi connectivity index (χ0v) is 19.9. The summed E-state index contributed by atoms with van der Waals surface area (Å²) in [6.45, 7) is 3.20. The molecule has 0 saturated carbocycles. The number of benzene rings is 2. The van der Waals surface area contributed by atoms with Gasteiger partial charge in [0.15, 0.2) is 0 Å². The molecule has 2 N–H and O–H groups in total. The normalized spacial score (nSPS) is 22.2. The van der Waals surface area contributed by atoms with Crippen LogP contribution in [-0.4, -0.2) is 46.4 Å². The monoisotopic (exact) mass is 503 g/mol. The molecule has 0 spiro atoms. The molecule has 1 atom stereocenters. The van der Waals surface area contributed by atoms with Crippen molar-refractivity contribution in [2.45, 2.75) is 57.0 Å². The van der Waals surface area contributed by atoms with E-state index >= 15 is 0 Å². The van der Waals surface area contributed by atoms with Gasteiger partial charge in [0.2, 0.25) is 0 Å². The Bertz CT molecular complexity index is 1210. The van der Waals surface area contributed by atoms with E-state index in [4.69, 9.17) is 14.6 Å². The van der Waals surface area contributed by atoms with Crippen LogP contribution in [0, 0.1) is 0 Å². The number of aliphatic hydroxyl groups is 1. The number of hydrogen-bond acceptors (Lipinski definition) is 5. The lowest BCUT2D eigenvalue weighted by atomic mass is 9.92. The fourth-order valence-electron chi connectivity index (χ4n) is 5.35. The van der Waals surface area contributed by atoms with Crippen LogP contribution in [0.3, 0.4) is 0 Å². The number of carbonyl (C=O) groups is 1. The molecular weight excluding hydrogens is 475 g/mol. The van der Waals surface area contributed by atoms with Crippen LogP contribution < -0.4 is 9.47 Å². The molecule has 36 heavy (non-hydrogen) atoms. The minimum absolute atomic E-state index is 0.160. The van der Waals surface area contributed by atoms with E-state index < -0.39 is 29.4 Å². The first kappa shape index (κ1) is 24.6. The molecule has 1 aliphatic carbocycles. The molecule has 2 heterocycles. The molecule has 1 fully saturated rings. The lowest BCUT2D eigenvalue weighted by Crippen LogP contribution is -2.42. The number of halogens is 3. The molecule has 0 radical (unpaired) electrons. The predicted molar refractivity (Wildman–Crippen MR) is 126 cm³/mol. The van der Waals surface area contributed by atoms with Gasteiger partial charge in [-0.15, -0.1) is 0 Å². The quantitative estimate of drug-likeness (QED) is 0.561.